The third-order valence-corrected chi connectivity index (χ3v) is 5.37. The van der Waals surface area contributed by atoms with Crippen molar-refractivity contribution in [3.63, 3.8) is 0 Å². The number of amides is 1. The average molecular weight is 478 g/mol. The molecule has 0 atom stereocenters. The Hall–Kier alpha value is -2.07. The van der Waals surface area contributed by atoms with Gasteiger partial charge in [0.15, 0.2) is 5.11 Å². The first-order chi connectivity index (χ1) is 14.2. The van der Waals surface area contributed by atoms with Gasteiger partial charge < -0.3 is 15.0 Å². The number of rotatable bonds is 3. The lowest BCUT2D eigenvalue weighted by Gasteiger charge is -2.31. The van der Waals surface area contributed by atoms with Gasteiger partial charge in [0, 0.05) is 13.1 Å². The molecule has 0 saturated carbocycles. The second kappa shape index (κ2) is 9.38. The van der Waals surface area contributed by atoms with Crippen LogP contribution in [-0.2, 0) is 10.9 Å². The predicted octanol–water partition coefficient (Wildman–Crippen LogP) is 4.98. The molecule has 30 heavy (non-hydrogen) atoms. The lowest BCUT2D eigenvalue weighted by molar-refractivity contribution is -0.137. The van der Waals surface area contributed by atoms with Crippen molar-refractivity contribution in [3.05, 3.63) is 57.6 Å². The highest BCUT2D eigenvalue weighted by molar-refractivity contribution is 7.80. The molecule has 0 aromatic heterocycles. The van der Waals surface area contributed by atoms with Gasteiger partial charge >= 0.3 is 6.18 Å². The Kier molecular flexibility index (Phi) is 7.07. The van der Waals surface area contributed by atoms with E-state index >= 15 is 0 Å². The number of carbonyl (C=O) groups excluding carboxylic acids is 1. The molecule has 1 amide bonds. The van der Waals surface area contributed by atoms with Gasteiger partial charge in [-0.2, -0.15) is 13.2 Å². The van der Waals surface area contributed by atoms with Crippen LogP contribution in [0.15, 0.2) is 36.4 Å². The van der Waals surface area contributed by atoms with E-state index in [1.54, 1.807) is 6.07 Å². The first-order valence-corrected chi connectivity index (χ1v) is 9.93. The fourth-order valence-corrected chi connectivity index (χ4v) is 3.48. The number of thiocarbonyl (C=S) groups is 1. The van der Waals surface area contributed by atoms with E-state index in [4.69, 9.17) is 40.2 Å². The summed E-state index contributed by atoms with van der Waals surface area (Å²) in [5.41, 5.74) is -0.113. The Morgan fingerprint density at radius 3 is 2.50 bits per heavy atom. The van der Waals surface area contributed by atoms with Crippen LogP contribution in [0.25, 0.3) is 0 Å². The number of anilines is 2. The Bertz CT molecular complexity index is 967. The quantitative estimate of drug-likeness (QED) is 0.610. The smallest absolute Gasteiger partial charge is 0.378 e. The second-order valence-electron chi connectivity index (χ2n) is 6.34. The van der Waals surface area contributed by atoms with Gasteiger partial charge in [-0.3, -0.25) is 10.1 Å². The molecule has 1 aliphatic heterocycles. The van der Waals surface area contributed by atoms with Gasteiger partial charge in [-0.25, -0.2) is 0 Å². The third kappa shape index (κ3) is 5.34. The van der Waals surface area contributed by atoms with Gasteiger partial charge in [-0.1, -0.05) is 29.3 Å². The first-order valence-electron chi connectivity index (χ1n) is 8.77. The summed E-state index contributed by atoms with van der Waals surface area (Å²) >= 11 is 17.1. The highest BCUT2D eigenvalue weighted by atomic mass is 35.5. The number of halogens is 5. The third-order valence-electron chi connectivity index (χ3n) is 4.35. The largest absolute Gasteiger partial charge is 0.416 e. The van der Waals surface area contributed by atoms with Crippen molar-refractivity contribution in [2.45, 2.75) is 6.18 Å². The summed E-state index contributed by atoms with van der Waals surface area (Å²) in [5, 5.41) is 5.17. The zero-order valence-corrected chi connectivity index (χ0v) is 17.7. The Balaban J connectivity index is 1.83. The second-order valence-corrected chi connectivity index (χ2v) is 7.53. The monoisotopic (exact) mass is 477 g/mol. The molecule has 0 radical (unpaired) electrons. The molecule has 1 fully saturated rings. The maximum atomic E-state index is 13.2. The fraction of sp³-hybridized carbons (Fsp3) is 0.263. The van der Waals surface area contributed by atoms with Crippen LogP contribution in [0, 0.1) is 0 Å². The Morgan fingerprint density at radius 1 is 1.13 bits per heavy atom. The summed E-state index contributed by atoms with van der Waals surface area (Å²) in [6.45, 7) is 1.93. The molecule has 0 aliphatic carbocycles. The molecular formula is C19H16Cl2F3N3O2S. The number of hydrogen-bond acceptors (Lipinski definition) is 4. The first kappa shape index (κ1) is 22.6. The summed E-state index contributed by atoms with van der Waals surface area (Å²) in [7, 11) is 0. The van der Waals surface area contributed by atoms with Crippen molar-refractivity contribution in [1.82, 2.24) is 5.32 Å². The maximum Gasteiger partial charge on any atom is 0.416 e. The SMILES string of the molecule is O=C(NC(=S)Nc1cc(C(F)(F)F)ccc1N1CCOCC1)c1cccc(Cl)c1Cl. The summed E-state index contributed by atoms with van der Waals surface area (Å²) in [6, 6.07) is 7.85. The zero-order chi connectivity index (χ0) is 21.9. The van der Waals surface area contributed by atoms with E-state index in [0.717, 1.165) is 12.1 Å². The van der Waals surface area contributed by atoms with Crippen LogP contribution in [0.4, 0.5) is 24.5 Å². The zero-order valence-electron chi connectivity index (χ0n) is 15.4. The molecule has 1 saturated heterocycles. The average Bonchev–Trinajstić information content (AvgIpc) is 2.69. The maximum absolute atomic E-state index is 13.2. The number of morpholine rings is 1. The van der Waals surface area contributed by atoms with E-state index in [9.17, 15) is 18.0 Å². The van der Waals surface area contributed by atoms with Gasteiger partial charge in [0.2, 0.25) is 0 Å². The molecule has 2 aromatic rings. The number of carbonyl (C=O) groups is 1. The minimum absolute atomic E-state index is 0.0486. The molecule has 3 rings (SSSR count). The van der Waals surface area contributed by atoms with Gasteiger partial charge in [-0.15, -0.1) is 0 Å². The number of alkyl halides is 3. The van der Waals surface area contributed by atoms with Crippen LogP contribution in [0.3, 0.4) is 0 Å². The molecule has 1 heterocycles. The summed E-state index contributed by atoms with van der Waals surface area (Å²) in [5.74, 6) is -0.639. The normalized spacial score (nSPS) is 14.4. The van der Waals surface area contributed by atoms with E-state index in [-0.39, 0.29) is 26.4 Å². The highest BCUT2D eigenvalue weighted by Crippen LogP contribution is 2.36. The number of hydrogen-bond donors (Lipinski definition) is 2. The van der Waals surface area contributed by atoms with Crippen molar-refractivity contribution < 1.29 is 22.7 Å². The lowest BCUT2D eigenvalue weighted by Crippen LogP contribution is -2.38. The molecule has 1 aliphatic rings. The van der Waals surface area contributed by atoms with Crippen molar-refractivity contribution in [3.8, 4) is 0 Å². The molecule has 0 spiro atoms. The molecule has 2 aromatic carbocycles. The topological polar surface area (TPSA) is 53.6 Å². The molecule has 0 unspecified atom stereocenters. The van der Waals surface area contributed by atoms with E-state index in [2.05, 4.69) is 10.6 Å². The molecule has 0 bridgehead atoms. The van der Waals surface area contributed by atoms with Crippen LogP contribution >= 0.6 is 35.4 Å². The molecule has 160 valence electrons. The molecule has 2 N–H and O–H groups in total. The van der Waals surface area contributed by atoms with Crippen molar-refractivity contribution in [2.75, 3.05) is 36.5 Å². The van der Waals surface area contributed by atoms with Crippen LogP contribution in [0.5, 0.6) is 0 Å². The number of benzene rings is 2. The number of ether oxygens (including phenoxy) is 1. The molecular weight excluding hydrogens is 462 g/mol. The van der Waals surface area contributed by atoms with E-state index < -0.39 is 17.6 Å². The van der Waals surface area contributed by atoms with Gasteiger partial charge in [0.25, 0.3) is 5.91 Å². The minimum Gasteiger partial charge on any atom is -0.378 e. The van der Waals surface area contributed by atoms with E-state index in [0.29, 0.717) is 32.0 Å². The van der Waals surface area contributed by atoms with Crippen molar-refractivity contribution in [1.29, 1.82) is 0 Å². The molecule has 5 nitrogen and oxygen atoms in total. The summed E-state index contributed by atoms with van der Waals surface area (Å²) in [4.78, 5) is 14.3. The van der Waals surface area contributed by atoms with Crippen LogP contribution in [0.2, 0.25) is 10.0 Å². The standard InChI is InChI=1S/C19H16Cl2F3N3O2S/c20-13-3-1-2-12(16(13)21)17(28)26-18(30)25-14-10-11(19(22,23)24)4-5-15(14)27-6-8-29-9-7-27/h1-5,10H,6-9H2,(H2,25,26,28,30). The van der Waals surface area contributed by atoms with Crippen LogP contribution in [-0.4, -0.2) is 37.3 Å². The predicted molar refractivity (Wildman–Crippen MR) is 115 cm³/mol. The summed E-state index contributed by atoms with van der Waals surface area (Å²) < 4.78 is 44.9. The van der Waals surface area contributed by atoms with Gasteiger partial charge in [0.1, 0.15) is 0 Å². The van der Waals surface area contributed by atoms with Crippen LogP contribution < -0.4 is 15.5 Å². The molecule has 11 heteroatoms. The number of nitrogens with one attached hydrogen (secondary N) is 2. The van der Waals surface area contributed by atoms with Crippen molar-refractivity contribution >= 4 is 57.8 Å². The summed E-state index contributed by atoms with van der Waals surface area (Å²) in [6.07, 6.45) is -4.53. The van der Waals surface area contributed by atoms with E-state index in [1.165, 1.54) is 18.2 Å². The lowest BCUT2D eigenvalue weighted by atomic mass is 10.1. The minimum atomic E-state index is -4.53. The van der Waals surface area contributed by atoms with Gasteiger partial charge in [-0.05, 0) is 42.5 Å². The highest BCUT2D eigenvalue weighted by Gasteiger charge is 2.32. The Morgan fingerprint density at radius 2 is 1.83 bits per heavy atom. The fourth-order valence-electron chi connectivity index (χ4n) is 2.90. The Labute approximate surface area is 186 Å². The van der Waals surface area contributed by atoms with E-state index in [1.807, 2.05) is 4.90 Å². The number of nitrogens with zero attached hydrogens (tertiary/aromatic N) is 1. The van der Waals surface area contributed by atoms with Gasteiger partial charge in [0.05, 0.1) is 45.8 Å². The van der Waals surface area contributed by atoms with Crippen molar-refractivity contribution in [2.24, 2.45) is 0 Å². The van der Waals surface area contributed by atoms with Crippen LogP contribution in [0.1, 0.15) is 15.9 Å².